The smallest absolute Gasteiger partial charge is 0.339 e. The van der Waals surface area contributed by atoms with E-state index in [0.29, 0.717) is 10.7 Å². The quantitative estimate of drug-likeness (QED) is 0.490. The second-order valence-corrected chi connectivity index (χ2v) is 9.99. The van der Waals surface area contributed by atoms with E-state index >= 15 is 0 Å². The van der Waals surface area contributed by atoms with E-state index in [1.54, 1.807) is 5.38 Å². The molecular weight excluding hydrogens is 441 g/mol. The summed E-state index contributed by atoms with van der Waals surface area (Å²) in [6.45, 7) is 9.21. The molecule has 3 aromatic rings. The first-order chi connectivity index (χ1) is 14.4. The minimum Gasteiger partial charge on any atom is -0.507 e. The van der Waals surface area contributed by atoms with Crippen molar-refractivity contribution in [2.24, 2.45) is 5.41 Å². The SMILES string of the molecule is Cc1nc(C(C)NC(=O)C(C)(C)C)sc1-c1csc(-c2cc(O)c(C(=O)O)cc2F)n1. The second-order valence-electron chi connectivity index (χ2n) is 8.10. The molecule has 1 aromatic carbocycles. The number of benzene rings is 1. The van der Waals surface area contributed by atoms with Crippen LogP contribution in [0.2, 0.25) is 0 Å². The van der Waals surface area contributed by atoms with Gasteiger partial charge in [-0.25, -0.2) is 19.2 Å². The van der Waals surface area contributed by atoms with Crippen molar-refractivity contribution in [2.45, 2.75) is 40.7 Å². The maximum Gasteiger partial charge on any atom is 0.339 e. The van der Waals surface area contributed by atoms with Crippen molar-refractivity contribution in [3.05, 3.63) is 39.6 Å². The topological polar surface area (TPSA) is 112 Å². The first-order valence-corrected chi connectivity index (χ1v) is 11.1. The highest BCUT2D eigenvalue weighted by atomic mass is 32.1. The predicted molar refractivity (Wildman–Crippen MR) is 118 cm³/mol. The van der Waals surface area contributed by atoms with E-state index in [-0.39, 0.29) is 17.5 Å². The molecular formula is C21H22FN3O4S2. The number of aromatic carboxylic acids is 1. The summed E-state index contributed by atoms with van der Waals surface area (Å²) >= 11 is 2.57. The molecule has 1 unspecified atom stereocenters. The highest BCUT2D eigenvalue weighted by Gasteiger charge is 2.25. The fourth-order valence-electron chi connectivity index (χ4n) is 2.71. The van der Waals surface area contributed by atoms with E-state index in [4.69, 9.17) is 5.11 Å². The molecule has 164 valence electrons. The van der Waals surface area contributed by atoms with Crippen molar-refractivity contribution in [3.8, 4) is 26.9 Å². The Hall–Kier alpha value is -2.85. The number of halogens is 1. The van der Waals surface area contributed by atoms with E-state index in [0.717, 1.165) is 27.7 Å². The van der Waals surface area contributed by atoms with Crippen LogP contribution in [-0.2, 0) is 4.79 Å². The van der Waals surface area contributed by atoms with Crippen LogP contribution in [0.3, 0.4) is 0 Å². The third kappa shape index (κ3) is 4.75. The number of carbonyl (C=O) groups is 2. The number of amides is 1. The van der Waals surface area contributed by atoms with Gasteiger partial charge in [-0.1, -0.05) is 20.8 Å². The van der Waals surface area contributed by atoms with Gasteiger partial charge in [0.1, 0.15) is 27.1 Å². The standard InChI is InChI=1S/C21H22FN3O4S2/c1-9-16(31-17(23-9)10(2)24-20(29)21(3,4)5)14-8-30-18(25-14)11-7-15(26)12(19(27)28)6-13(11)22/h6-8,10,26H,1-5H3,(H,24,29)(H,27,28). The average molecular weight is 464 g/mol. The number of carboxylic acid groups (broad SMARTS) is 1. The van der Waals surface area contributed by atoms with E-state index in [2.05, 4.69) is 15.3 Å². The number of hydrogen-bond acceptors (Lipinski definition) is 7. The molecule has 0 saturated carbocycles. The van der Waals surface area contributed by atoms with Crippen LogP contribution in [0, 0.1) is 18.2 Å². The molecule has 10 heteroatoms. The van der Waals surface area contributed by atoms with Crippen molar-refractivity contribution in [3.63, 3.8) is 0 Å². The van der Waals surface area contributed by atoms with E-state index in [1.807, 2.05) is 34.6 Å². The molecule has 0 bridgehead atoms. The highest BCUT2D eigenvalue weighted by Crippen LogP contribution is 2.37. The average Bonchev–Trinajstić information content (AvgIpc) is 3.28. The Balaban J connectivity index is 1.89. The van der Waals surface area contributed by atoms with Crippen LogP contribution in [0.4, 0.5) is 4.39 Å². The van der Waals surface area contributed by atoms with Crippen LogP contribution in [0.25, 0.3) is 21.1 Å². The van der Waals surface area contributed by atoms with Crippen LogP contribution >= 0.6 is 22.7 Å². The van der Waals surface area contributed by atoms with Crippen LogP contribution < -0.4 is 5.32 Å². The summed E-state index contributed by atoms with van der Waals surface area (Å²) in [6, 6.07) is 1.57. The number of nitrogens with zero attached hydrogens (tertiary/aromatic N) is 2. The first-order valence-electron chi connectivity index (χ1n) is 9.39. The van der Waals surface area contributed by atoms with Gasteiger partial charge < -0.3 is 15.5 Å². The number of rotatable bonds is 5. The lowest BCUT2D eigenvalue weighted by Crippen LogP contribution is -2.36. The van der Waals surface area contributed by atoms with Crippen LogP contribution in [-0.4, -0.2) is 32.1 Å². The van der Waals surface area contributed by atoms with Crippen LogP contribution in [0.15, 0.2) is 17.5 Å². The number of phenols is 1. The number of aryl methyl sites for hydroxylation is 1. The van der Waals surface area contributed by atoms with Crippen molar-refractivity contribution in [1.82, 2.24) is 15.3 Å². The summed E-state index contributed by atoms with van der Waals surface area (Å²) in [4.78, 5) is 33.1. The Kier molecular flexibility index (Phi) is 6.15. The Morgan fingerprint density at radius 3 is 2.52 bits per heavy atom. The second kappa shape index (κ2) is 8.35. The summed E-state index contributed by atoms with van der Waals surface area (Å²) < 4.78 is 14.4. The molecule has 3 N–H and O–H groups in total. The van der Waals surface area contributed by atoms with Crippen molar-refractivity contribution in [1.29, 1.82) is 0 Å². The zero-order valence-electron chi connectivity index (χ0n) is 17.6. The van der Waals surface area contributed by atoms with Gasteiger partial charge in [0.05, 0.1) is 22.3 Å². The molecule has 0 spiro atoms. The highest BCUT2D eigenvalue weighted by molar-refractivity contribution is 7.16. The minimum absolute atomic E-state index is 0.0203. The molecule has 2 heterocycles. The lowest BCUT2D eigenvalue weighted by atomic mass is 9.95. The Morgan fingerprint density at radius 2 is 1.90 bits per heavy atom. The summed E-state index contributed by atoms with van der Waals surface area (Å²) in [6.07, 6.45) is 0. The molecule has 2 aromatic heterocycles. The largest absolute Gasteiger partial charge is 0.507 e. The fraction of sp³-hybridized carbons (Fsp3) is 0.333. The summed E-state index contributed by atoms with van der Waals surface area (Å²) in [5.74, 6) is -2.80. The van der Waals surface area contributed by atoms with Gasteiger partial charge in [-0.05, 0) is 26.0 Å². The number of aromatic nitrogens is 2. The summed E-state index contributed by atoms with van der Waals surface area (Å²) in [5, 5.41) is 24.6. The zero-order valence-corrected chi connectivity index (χ0v) is 19.2. The number of carboxylic acids is 1. The lowest BCUT2D eigenvalue weighted by molar-refractivity contribution is -0.129. The molecule has 31 heavy (non-hydrogen) atoms. The van der Waals surface area contributed by atoms with Gasteiger partial charge >= 0.3 is 5.97 Å². The third-order valence-corrected chi connectivity index (χ3v) is 6.73. The van der Waals surface area contributed by atoms with Crippen LogP contribution in [0.1, 0.15) is 54.8 Å². The Morgan fingerprint density at radius 1 is 1.23 bits per heavy atom. The number of thiazole rings is 2. The van der Waals surface area contributed by atoms with Crippen molar-refractivity contribution >= 4 is 34.6 Å². The molecule has 0 radical (unpaired) electrons. The van der Waals surface area contributed by atoms with Crippen molar-refractivity contribution in [2.75, 3.05) is 0 Å². The molecule has 1 atom stereocenters. The van der Waals surface area contributed by atoms with Gasteiger partial charge in [0.15, 0.2) is 0 Å². The molecule has 0 aliphatic heterocycles. The molecule has 0 saturated heterocycles. The van der Waals surface area contributed by atoms with Gasteiger partial charge in [-0.3, -0.25) is 4.79 Å². The fourth-order valence-corrected chi connectivity index (χ4v) is 4.65. The number of carbonyl (C=O) groups excluding carboxylic acids is 1. The number of hydrogen-bond donors (Lipinski definition) is 3. The van der Waals surface area contributed by atoms with Crippen molar-refractivity contribution < 1.29 is 24.2 Å². The van der Waals surface area contributed by atoms with Gasteiger partial charge in [0.25, 0.3) is 0 Å². The number of aromatic hydroxyl groups is 1. The van der Waals surface area contributed by atoms with E-state index in [9.17, 15) is 19.1 Å². The molecule has 0 aliphatic carbocycles. The molecule has 1 amide bonds. The third-order valence-electron chi connectivity index (χ3n) is 4.50. The van der Waals surface area contributed by atoms with E-state index in [1.165, 1.54) is 22.7 Å². The van der Waals surface area contributed by atoms with Gasteiger partial charge in [-0.2, -0.15) is 0 Å². The first kappa shape index (κ1) is 22.8. The summed E-state index contributed by atoms with van der Waals surface area (Å²) in [7, 11) is 0. The molecule has 7 nitrogen and oxygen atoms in total. The Bertz CT molecular complexity index is 1160. The Labute approximate surface area is 186 Å². The number of nitrogens with one attached hydrogen (secondary N) is 1. The molecule has 0 fully saturated rings. The normalized spacial score (nSPS) is 12.6. The molecule has 0 aliphatic rings. The maximum atomic E-state index is 14.4. The monoisotopic (exact) mass is 463 g/mol. The molecule has 3 rings (SSSR count). The maximum absolute atomic E-state index is 14.4. The van der Waals surface area contributed by atoms with Gasteiger partial charge in [0.2, 0.25) is 5.91 Å². The predicted octanol–water partition coefficient (Wildman–Crippen LogP) is 5.01. The minimum atomic E-state index is -1.41. The lowest BCUT2D eigenvalue weighted by Gasteiger charge is -2.20. The van der Waals surface area contributed by atoms with Crippen LogP contribution in [0.5, 0.6) is 5.75 Å². The van der Waals surface area contributed by atoms with Gasteiger partial charge in [-0.15, -0.1) is 22.7 Å². The zero-order chi connectivity index (χ0) is 23.1. The summed E-state index contributed by atoms with van der Waals surface area (Å²) in [5.41, 5.74) is 0.327. The van der Waals surface area contributed by atoms with Gasteiger partial charge in [0, 0.05) is 16.4 Å². The van der Waals surface area contributed by atoms with E-state index < -0.39 is 28.5 Å².